The SMILES string of the molecule is Nc1nc(C(=O)Sc2ccccc2)c(N)nc1C(=O)Sc1ccccc1. The summed E-state index contributed by atoms with van der Waals surface area (Å²) in [6, 6.07) is 18.2. The highest BCUT2D eigenvalue weighted by molar-refractivity contribution is 8.14. The van der Waals surface area contributed by atoms with E-state index in [0.29, 0.717) is 0 Å². The molecule has 0 spiro atoms. The van der Waals surface area contributed by atoms with E-state index in [2.05, 4.69) is 9.97 Å². The maximum absolute atomic E-state index is 12.4. The van der Waals surface area contributed by atoms with Gasteiger partial charge in [0.1, 0.15) is 0 Å². The molecule has 0 aliphatic rings. The Bertz CT molecular complexity index is 871. The minimum Gasteiger partial charge on any atom is -0.382 e. The number of nitrogens with zero attached hydrogens (tertiary/aromatic N) is 2. The van der Waals surface area contributed by atoms with Gasteiger partial charge in [-0.3, -0.25) is 9.59 Å². The van der Waals surface area contributed by atoms with Crippen molar-refractivity contribution in [1.82, 2.24) is 9.97 Å². The van der Waals surface area contributed by atoms with Crippen LogP contribution in [0.3, 0.4) is 0 Å². The van der Waals surface area contributed by atoms with E-state index in [4.69, 9.17) is 11.5 Å². The van der Waals surface area contributed by atoms with Gasteiger partial charge in [0.25, 0.3) is 0 Å². The van der Waals surface area contributed by atoms with Crippen LogP contribution in [-0.2, 0) is 0 Å². The minimum absolute atomic E-state index is 0.0578. The van der Waals surface area contributed by atoms with Crippen molar-refractivity contribution in [2.45, 2.75) is 9.79 Å². The first-order chi connectivity index (χ1) is 12.5. The Balaban J connectivity index is 1.81. The van der Waals surface area contributed by atoms with E-state index in [1.54, 1.807) is 24.3 Å². The molecular formula is C18H14N4O2S2. The quantitative estimate of drug-likeness (QED) is 0.659. The highest BCUT2D eigenvalue weighted by Crippen LogP contribution is 2.28. The van der Waals surface area contributed by atoms with Crippen LogP contribution in [0.15, 0.2) is 70.5 Å². The van der Waals surface area contributed by atoms with E-state index >= 15 is 0 Å². The van der Waals surface area contributed by atoms with E-state index in [9.17, 15) is 9.59 Å². The molecule has 0 atom stereocenters. The van der Waals surface area contributed by atoms with Gasteiger partial charge in [0, 0.05) is 9.79 Å². The van der Waals surface area contributed by atoms with Crippen molar-refractivity contribution in [2.24, 2.45) is 0 Å². The predicted octanol–water partition coefficient (Wildman–Crippen LogP) is 3.51. The van der Waals surface area contributed by atoms with E-state index in [1.165, 1.54) is 0 Å². The average molecular weight is 382 g/mol. The van der Waals surface area contributed by atoms with Crippen LogP contribution in [0.4, 0.5) is 11.6 Å². The third-order valence-electron chi connectivity index (χ3n) is 3.24. The summed E-state index contributed by atoms with van der Waals surface area (Å²) in [5.74, 6) is -0.241. The van der Waals surface area contributed by atoms with Gasteiger partial charge in [0.15, 0.2) is 23.0 Å². The molecule has 0 saturated carbocycles. The molecule has 0 aliphatic heterocycles. The topological polar surface area (TPSA) is 112 Å². The first-order valence-corrected chi connectivity index (χ1v) is 9.15. The van der Waals surface area contributed by atoms with E-state index in [-0.39, 0.29) is 33.3 Å². The highest BCUT2D eigenvalue weighted by Gasteiger charge is 2.21. The number of hydrogen-bond donors (Lipinski definition) is 2. The summed E-state index contributed by atoms with van der Waals surface area (Å²) in [4.78, 5) is 34.3. The summed E-state index contributed by atoms with van der Waals surface area (Å²) in [5, 5.41) is -0.773. The molecule has 0 saturated heterocycles. The molecule has 1 aromatic heterocycles. The number of carbonyl (C=O) groups excluding carboxylic acids is 2. The summed E-state index contributed by atoms with van der Waals surface area (Å²) in [5.41, 5.74) is 11.6. The average Bonchev–Trinajstić information content (AvgIpc) is 2.64. The maximum Gasteiger partial charge on any atom is 0.246 e. The van der Waals surface area contributed by atoms with E-state index in [1.807, 2.05) is 36.4 Å². The Hall–Kier alpha value is -2.84. The number of thioether (sulfide) groups is 2. The molecule has 0 radical (unpaired) electrons. The van der Waals surface area contributed by atoms with E-state index in [0.717, 1.165) is 33.3 Å². The van der Waals surface area contributed by atoms with Crippen molar-refractivity contribution in [1.29, 1.82) is 0 Å². The third kappa shape index (κ3) is 4.22. The molecule has 3 rings (SSSR count). The van der Waals surface area contributed by atoms with Gasteiger partial charge in [-0.2, -0.15) is 0 Å². The number of carbonyl (C=O) groups is 2. The zero-order valence-electron chi connectivity index (χ0n) is 13.5. The van der Waals surface area contributed by atoms with Crippen LogP contribution in [0.2, 0.25) is 0 Å². The maximum atomic E-state index is 12.4. The van der Waals surface area contributed by atoms with Gasteiger partial charge in [-0.1, -0.05) is 36.4 Å². The second-order valence-corrected chi connectivity index (χ2v) is 7.19. The lowest BCUT2D eigenvalue weighted by molar-refractivity contribution is 0.107. The van der Waals surface area contributed by atoms with Crippen molar-refractivity contribution in [2.75, 3.05) is 11.5 Å². The van der Waals surface area contributed by atoms with Gasteiger partial charge >= 0.3 is 0 Å². The number of nitrogens with two attached hydrogens (primary N) is 2. The lowest BCUT2D eigenvalue weighted by Crippen LogP contribution is -2.14. The van der Waals surface area contributed by atoms with Crippen LogP contribution in [0.1, 0.15) is 21.0 Å². The standard InChI is InChI=1S/C18H14N4O2S2/c19-15-13(17(23)25-11-7-3-1-4-8-11)21-16(20)14(22-15)18(24)26-12-9-5-2-6-10-12/h1-10H,(H2,20,21)(H2,19,22). The van der Waals surface area contributed by atoms with Crippen LogP contribution >= 0.6 is 23.5 Å². The van der Waals surface area contributed by atoms with Crippen molar-refractivity contribution in [3.8, 4) is 0 Å². The number of aromatic nitrogens is 2. The second-order valence-electron chi connectivity index (χ2n) is 5.10. The molecule has 1 heterocycles. The molecule has 0 aliphatic carbocycles. The predicted molar refractivity (Wildman–Crippen MR) is 104 cm³/mol. The molecule has 0 fully saturated rings. The van der Waals surface area contributed by atoms with Crippen LogP contribution in [0.5, 0.6) is 0 Å². The number of nitrogen functional groups attached to an aromatic ring is 2. The summed E-state index contributed by atoms with van der Waals surface area (Å²) < 4.78 is 0. The van der Waals surface area contributed by atoms with Crippen LogP contribution < -0.4 is 11.5 Å². The number of hydrogen-bond acceptors (Lipinski definition) is 8. The van der Waals surface area contributed by atoms with Crippen LogP contribution in [-0.4, -0.2) is 20.2 Å². The molecule has 6 nitrogen and oxygen atoms in total. The number of benzene rings is 2. The van der Waals surface area contributed by atoms with Gasteiger partial charge < -0.3 is 11.5 Å². The Kier molecular flexibility index (Phi) is 5.55. The Morgan fingerprint density at radius 1 is 0.654 bits per heavy atom. The smallest absolute Gasteiger partial charge is 0.246 e. The third-order valence-corrected chi connectivity index (χ3v) is 5.02. The van der Waals surface area contributed by atoms with Gasteiger partial charge in [-0.15, -0.1) is 0 Å². The fourth-order valence-electron chi connectivity index (χ4n) is 2.05. The first kappa shape index (κ1) is 18.0. The molecule has 2 aromatic carbocycles. The second kappa shape index (κ2) is 8.03. The molecule has 0 amide bonds. The van der Waals surface area contributed by atoms with Crippen LogP contribution in [0.25, 0.3) is 0 Å². The molecular weight excluding hydrogens is 368 g/mol. The molecule has 0 unspecified atom stereocenters. The fraction of sp³-hybridized carbons (Fsp3) is 0. The summed E-state index contributed by atoms with van der Waals surface area (Å²) >= 11 is 1.94. The van der Waals surface area contributed by atoms with Crippen molar-refractivity contribution in [3.63, 3.8) is 0 Å². The number of rotatable bonds is 4. The summed E-state index contributed by atoms with van der Waals surface area (Å²) in [6.45, 7) is 0. The van der Waals surface area contributed by atoms with Crippen molar-refractivity contribution < 1.29 is 9.59 Å². The highest BCUT2D eigenvalue weighted by atomic mass is 32.2. The van der Waals surface area contributed by atoms with Gasteiger partial charge in [0.05, 0.1) is 0 Å². The summed E-state index contributed by atoms with van der Waals surface area (Å²) in [6.07, 6.45) is 0. The lowest BCUT2D eigenvalue weighted by atomic mass is 10.3. The number of anilines is 2. The minimum atomic E-state index is -0.386. The Morgan fingerprint density at radius 3 is 1.35 bits per heavy atom. The van der Waals surface area contributed by atoms with Gasteiger partial charge in [-0.05, 0) is 47.8 Å². The molecule has 3 aromatic rings. The Labute approximate surface area is 158 Å². The zero-order valence-corrected chi connectivity index (χ0v) is 15.1. The van der Waals surface area contributed by atoms with Crippen molar-refractivity contribution in [3.05, 3.63) is 72.1 Å². The molecule has 0 bridgehead atoms. The largest absolute Gasteiger partial charge is 0.382 e. The summed E-state index contributed by atoms with van der Waals surface area (Å²) in [7, 11) is 0. The van der Waals surface area contributed by atoms with E-state index < -0.39 is 0 Å². The fourth-order valence-corrected chi connectivity index (χ4v) is 3.56. The first-order valence-electron chi connectivity index (χ1n) is 7.52. The molecule has 4 N–H and O–H groups in total. The van der Waals surface area contributed by atoms with Crippen LogP contribution in [0, 0.1) is 0 Å². The normalized spacial score (nSPS) is 10.5. The monoisotopic (exact) mass is 382 g/mol. The molecule has 130 valence electrons. The molecule has 26 heavy (non-hydrogen) atoms. The Morgan fingerprint density at radius 2 is 1.00 bits per heavy atom. The van der Waals surface area contributed by atoms with Gasteiger partial charge in [-0.25, -0.2) is 9.97 Å². The molecule has 8 heteroatoms. The van der Waals surface area contributed by atoms with Gasteiger partial charge in [0.2, 0.25) is 10.2 Å². The lowest BCUT2D eigenvalue weighted by Gasteiger charge is -2.08. The van der Waals surface area contributed by atoms with Crippen molar-refractivity contribution >= 4 is 45.4 Å². The zero-order chi connectivity index (χ0) is 18.5.